The zero-order chi connectivity index (χ0) is 15.0. The summed E-state index contributed by atoms with van der Waals surface area (Å²) in [6, 6.07) is 0. The van der Waals surface area contributed by atoms with Crippen LogP contribution in [-0.2, 0) is 0 Å². The van der Waals surface area contributed by atoms with Crippen LogP contribution in [0.5, 0.6) is 0 Å². The second-order valence-corrected chi connectivity index (χ2v) is 3.65. The van der Waals surface area contributed by atoms with E-state index in [1.807, 2.05) is 55.4 Å². The molecule has 0 aliphatic rings. The molecule has 2 heterocycles. The predicted octanol–water partition coefficient (Wildman–Crippen LogP) is 4.42. The number of hydrogen-bond acceptors (Lipinski definition) is 4. The first-order valence-electron chi connectivity index (χ1n) is 6.82. The molecule has 0 saturated carbocycles. The van der Waals surface area contributed by atoms with Gasteiger partial charge < -0.3 is 4.42 Å². The van der Waals surface area contributed by atoms with Gasteiger partial charge in [-0.3, -0.25) is 0 Å². The fourth-order valence-electron chi connectivity index (χ4n) is 1.47. The molecule has 0 radical (unpaired) electrons. The summed E-state index contributed by atoms with van der Waals surface area (Å²) in [6.07, 6.45) is 1.43. The molecule has 0 aliphatic heterocycles. The van der Waals surface area contributed by atoms with E-state index < -0.39 is 0 Å². The monoisotopic (exact) mass is 263 g/mol. The number of hydrogen-bond donors (Lipinski definition) is 0. The average molecular weight is 263 g/mol. The standard InChI is InChI=1S/C11H13N3O.2C2H6/c1-6-7(2)10(14-13-8(6)3)11-9(4)12-5-15-11;2*1-2/h5H,1-4H3;2*1-2H3. The van der Waals surface area contributed by atoms with Gasteiger partial charge in [0.15, 0.2) is 12.2 Å². The fraction of sp³-hybridized carbons (Fsp3) is 0.533. The van der Waals surface area contributed by atoms with Crippen molar-refractivity contribution in [2.75, 3.05) is 0 Å². The molecule has 0 aromatic carbocycles. The van der Waals surface area contributed by atoms with Crippen LogP contribution >= 0.6 is 0 Å². The normalized spacial score (nSPS) is 9.05. The Kier molecular flexibility index (Phi) is 7.65. The van der Waals surface area contributed by atoms with E-state index in [-0.39, 0.29) is 0 Å². The van der Waals surface area contributed by atoms with E-state index in [1.54, 1.807) is 0 Å². The van der Waals surface area contributed by atoms with Gasteiger partial charge in [-0.2, -0.15) is 5.10 Å². The van der Waals surface area contributed by atoms with E-state index in [9.17, 15) is 0 Å². The lowest BCUT2D eigenvalue weighted by Gasteiger charge is -2.06. The molecule has 2 aromatic rings. The molecule has 0 N–H and O–H groups in total. The van der Waals surface area contributed by atoms with E-state index in [4.69, 9.17) is 4.42 Å². The molecule has 0 saturated heterocycles. The molecular formula is C15H25N3O. The minimum absolute atomic E-state index is 0.711. The van der Waals surface area contributed by atoms with Gasteiger partial charge in [-0.15, -0.1) is 5.10 Å². The molecule has 4 heteroatoms. The van der Waals surface area contributed by atoms with E-state index in [0.29, 0.717) is 5.76 Å². The zero-order valence-electron chi connectivity index (χ0n) is 13.3. The summed E-state index contributed by atoms with van der Waals surface area (Å²) >= 11 is 0. The largest absolute Gasteiger partial charge is 0.441 e. The maximum atomic E-state index is 5.31. The molecule has 2 aromatic heterocycles. The lowest BCUT2D eigenvalue weighted by molar-refractivity contribution is 0.567. The van der Waals surface area contributed by atoms with Crippen molar-refractivity contribution in [3.8, 4) is 11.5 Å². The molecule has 4 nitrogen and oxygen atoms in total. The third-order valence-corrected chi connectivity index (χ3v) is 2.72. The molecule has 0 bridgehead atoms. The van der Waals surface area contributed by atoms with Crippen molar-refractivity contribution in [3.05, 3.63) is 28.9 Å². The first kappa shape index (κ1) is 17.3. The smallest absolute Gasteiger partial charge is 0.181 e. The van der Waals surface area contributed by atoms with Crippen LogP contribution in [-0.4, -0.2) is 15.2 Å². The highest BCUT2D eigenvalue weighted by Crippen LogP contribution is 2.25. The zero-order valence-corrected chi connectivity index (χ0v) is 13.3. The Labute approximate surface area is 116 Å². The van der Waals surface area contributed by atoms with Crippen molar-refractivity contribution in [1.82, 2.24) is 15.2 Å². The first-order chi connectivity index (χ1) is 9.11. The molecule has 0 aliphatic carbocycles. The molecule has 19 heavy (non-hydrogen) atoms. The van der Waals surface area contributed by atoms with Gasteiger partial charge in [0.1, 0.15) is 5.69 Å². The van der Waals surface area contributed by atoms with Gasteiger partial charge in [-0.1, -0.05) is 27.7 Å². The van der Waals surface area contributed by atoms with Crippen LogP contribution in [0.4, 0.5) is 0 Å². The number of nitrogens with zero attached hydrogens (tertiary/aromatic N) is 3. The highest BCUT2D eigenvalue weighted by Gasteiger charge is 2.14. The molecular weight excluding hydrogens is 238 g/mol. The molecule has 106 valence electrons. The van der Waals surface area contributed by atoms with Crippen molar-refractivity contribution in [2.24, 2.45) is 0 Å². The minimum atomic E-state index is 0.711. The van der Waals surface area contributed by atoms with E-state index >= 15 is 0 Å². The van der Waals surface area contributed by atoms with E-state index in [0.717, 1.165) is 28.2 Å². The van der Waals surface area contributed by atoms with Crippen molar-refractivity contribution in [3.63, 3.8) is 0 Å². The summed E-state index contributed by atoms with van der Waals surface area (Å²) in [7, 11) is 0. The van der Waals surface area contributed by atoms with E-state index in [1.165, 1.54) is 6.39 Å². The molecule has 2 rings (SSSR count). The SMILES string of the molecule is CC.CC.Cc1ncoc1-c1nnc(C)c(C)c1C. The second-order valence-electron chi connectivity index (χ2n) is 3.65. The highest BCUT2D eigenvalue weighted by molar-refractivity contribution is 5.60. The third-order valence-electron chi connectivity index (χ3n) is 2.72. The first-order valence-corrected chi connectivity index (χ1v) is 6.82. The minimum Gasteiger partial charge on any atom is -0.441 e. The van der Waals surface area contributed by atoms with Gasteiger partial charge in [0.05, 0.1) is 11.4 Å². The maximum absolute atomic E-state index is 5.31. The van der Waals surface area contributed by atoms with Crippen LogP contribution in [0.3, 0.4) is 0 Å². The van der Waals surface area contributed by atoms with Crippen molar-refractivity contribution in [2.45, 2.75) is 55.4 Å². The van der Waals surface area contributed by atoms with Gasteiger partial charge >= 0.3 is 0 Å². The van der Waals surface area contributed by atoms with E-state index in [2.05, 4.69) is 15.2 Å². The third kappa shape index (κ3) is 3.88. The van der Waals surface area contributed by atoms with Crippen LogP contribution in [0.2, 0.25) is 0 Å². The quantitative estimate of drug-likeness (QED) is 0.764. The molecule has 0 atom stereocenters. The van der Waals surface area contributed by atoms with Gasteiger partial charge in [-0.25, -0.2) is 4.98 Å². The summed E-state index contributed by atoms with van der Waals surface area (Å²) < 4.78 is 5.31. The maximum Gasteiger partial charge on any atom is 0.181 e. The summed E-state index contributed by atoms with van der Waals surface area (Å²) in [6.45, 7) is 15.9. The molecule has 0 spiro atoms. The summed E-state index contributed by atoms with van der Waals surface area (Å²) in [5.74, 6) is 0.711. The Hall–Kier alpha value is -1.71. The number of oxazole rings is 1. The highest BCUT2D eigenvalue weighted by atomic mass is 16.3. The average Bonchev–Trinajstić information content (AvgIpc) is 2.87. The Morgan fingerprint density at radius 3 is 1.84 bits per heavy atom. The second kappa shape index (κ2) is 8.40. The molecule has 0 unspecified atom stereocenters. The number of aryl methyl sites for hydroxylation is 2. The Bertz CT molecular complexity index is 504. The Morgan fingerprint density at radius 1 is 0.789 bits per heavy atom. The van der Waals surface area contributed by atoms with Gasteiger partial charge in [0.25, 0.3) is 0 Å². The lowest BCUT2D eigenvalue weighted by atomic mass is 10.1. The van der Waals surface area contributed by atoms with Crippen LogP contribution in [0.15, 0.2) is 10.8 Å². The van der Waals surface area contributed by atoms with Crippen molar-refractivity contribution < 1.29 is 4.42 Å². The Morgan fingerprint density at radius 2 is 1.37 bits per heavy atom. The Balaban J connectivity index is 0.000000741. The van der Waals surface area contributed by atoms with Crippen molar-refractivity contribution >= 4 is 0 Å². The summed E-state index contributed by atoms with van der Waals surface area (Å²) in [5.41, 5.74) is 4.83. The molecule has 0 fully saturated rings. The van der Waals surface area contributed by atoms with Gasteiger partial charge in [0, 0.05) is 0 Å². The number of rotatable bonds is 1. The van der Waals surface area contributed by atoms with Crippen LogP contribution in [0.1, 0.15) is 50.2 Å². The van der Waals surface area contributed by atoms with Gasteiger partial charge in [-0.05, 0) is 38.8 Å². The number of aromatic nitrogens is 3. The lowest BCUT2D eigenvalue weighted by Crippen LogP contribution is -1.99. The predicted molar refractivity (Wildman–Crippen MR) is 79.2 cm³/mol. The topological polar surface area (TPSA) is 51.8 Å². The summed E-state index contributed by atoms with van der Waals surface area (Å²) in [5, 5.41) is 8.26. The van der Waals surface area contributed by atoms with Crippen molar-refractivity contribution in [1.29, 1.82) is 0 Å². The van der Waals surface area contributed by atoms with Crippen LogP contribution < -0.4 is 0 Å². The van der Waals surface area contributed by atoms with Gasteiger partial charge in [0.2, 0.25) is 0 Å². The fourth-order valence-corrected chi connectivity index (χ4v) is 1.47. The van der Waals surface area contributed by atoms with Crippen LogP contribution in [0, 0.1) is 27.7 Å². The molecule has 0 amide bonds. The summed E-state index contributed by atoms with van der Waals surface area (Å²) in [4.78, 5) is 4.05. The van der Waals surface area contributed by atoms with Crippen LogP contribution in [0.25, 0.3) is 11.5 Å².